The molecule has 2 nitrogen and oxygen atoms in total. The number of hydrogen-bond acceptors (Lipinski definition) is 2. The van der Waals surface area contributed by atoms with E-state index in [1.807, 2.05) is 6.07 Å². The molecule has 11 rings (SSSR count). The van der Waals surface area contributed by atoms with E-state index in [1.165, 1.54) is 76.8 Å². The van der Waals surface area contributed by atoms with Crippen molar-refractivity contribution in [3.05, 3.63) is 205 Å². The lowest BCUT2D eigenvalue weighted by atomic mass is 9.79. The van der Waals surface area contributed by atoms with Crippen LogP contribution >= 0.6 is 0 Å². The van der Waals surface area contributed by atoms with Gasteiger partial charge >= 0.3 is 0 Å². The molecule has 57 heavy (non-hydrogen) atoms. The van der Waals surface area contributed by atoms with Crippen molar-refractivity contribution in [3.63, 3.8) is 0 Å². The van der Waals surface area contributed by atoms with Gasteiger partial charge in [-0.25, -0.2) is 9.97 Å². The quantitative estimate of drug-likeness (QED) is 0.130. The summed E-state index contributed by atoms with van der Waals surface area (Å²) in [6.45, 7) is 4.71. The standard InChI is InChI=1S/C55H38N2/c1-55(2)47-27-14-13-22-42(47)45-26-15-25-41(53(45)55)36-28-30-37(31-29-36)48-34-49(57-54(56-48)39-19-7-4-8-20-39)52-44-24-12-11-23-43(44)50(38-17-5-3-6-18-38)46-33-32-35-16-9-10-21-40(35)51(46)52/h3-34H,1-2H3. The lowest BCUT2D eigenvalue weighted by molar-refractivity contribution is 0.662. The van der Waals surface area contributed by atoms with Gasteiger partial charge in [0.15, 0.2) is 5.82 Å². The van der Waals surface area contributed by atoms with Crippen LogP contribution in [0.25, 0.3) is 99.6 Å². The van der Waals surface area contributed by atoms with Crippen LogP contribution in [0.4, 0.5) is 0 Å². The minimum Gasteiger partial charge on any atom is -0.228 e. The number of rotatable bonds is 5. The number of hydrogen-bond donors (Lipinski definition) is 0. The van der Waals surface area contributed by atoms with Gasteiger partial charge in [-0.15, -0.1) is 0 Å². The first-order valence-corrected chi connectivity index (χ1v) is 19.8. The van der Waals surface area contributed by atoms with Gasteiger partial charge in [-0.2, -0.15) is 0 Å². The summed E-state index contributed by atoms with van der Waals surface area (Å²) in [5.41, 5.74) is 15.2. The maximum Gasteiger partial charge on any atom is 0.160 e. The third-order valence-corrected chi connectivity index (χ3v) is 12.1. The highest BCUT2D eigenvalue weighted by molar-refractivity contribution is 6.27. The van der Waals surface area contributed by atoms with Crippen LogP contribution in [-0.4, -0.2) is 9.97 Å². The lowest BCUT2D eigenvalue weighted by Gasteiger charge is -2.24. The van der Waals surface area contributed by atoms with Crippen LogP contribution < -0.4 is 0 Å². The first-order chi connectivity index (χ1) is 28.0. The normalized spacial score (nSPS) is 12.9. The van der Waals surface area contributed by atoms with Crippen molar-refractivity contribution >= 4 is 32.3 Å². The molecule has 0 amide bonds. The monoisotopic (exact) mass is 726 g/mol. The summed E-state index contributed by atoms with van der Waals surface area (Å²) in [6.07, 6.45) is 0. The van der Waals surface area contributed by atoms with E-state index in [0.717, 1.165) is 28.1 Å². The highest BCUT2D eigenvalue weighted by Gasteiger charge is 2.37. The third-order valence-electron chi connectivity index (χ3n) is 12.1. The fraction of sp³-hybridized carbons (Fsp3) is 0.0545. The Bertz CT molecular complexity index is 3180. The van der Waals surface area contributed by atoms with Crippen LogP contribution in [-0.2, 0) is 5.41 Å². The Morgan fingerprint density at radius 3 is 1.72 bits per heavy atom. The molecule has 0 fully saturated rings. The summed E-state index contributed by atoms with van der Waals surface area (Å²) in [4.78, 5) is 10.7. The van der Waals surface area contributed by atoms with Crippen LogP contribution in [0.15, 0.2) is 194 Å². The highest BCUT2D eigenvalue weighted by Crippen LogP contribution is 2.52. The Labute approximate surface area is 332 Å². The molecule has 0 saturated heterocycles. The second kappa shape index (κ2) is 13.0. The van der Waals surface area contributed by atoms with Gasteiger partial charge in [-0.3, -0.25) is 0 Å². The molecule has 1 heterocycles. The summed E-state index contributed by atoms with van der Waals surface area (Å²) >= 11 is 0. The molecular weight excluding hydrogens is 689 g/mol. The summed E-state index contributed by atoms with van der Waals surface area (Å²) in [5.74, 6) is 0.706. The SMILES string of the molecule is CC1(C)c2ccccc2-c2cccc(-c3ccc(-c4cc(-c5c6ccccc6c(-c6ccccc6)c6ccc7ccccc7c56)nc(-c5ccccc5)n4)cc3)c21. The highest BCUT2D eigenvalue weighted by atomic mass is 14.9. The van der Waals surface area contributed by atoms with E-state index in [-0.39, 0.29) is 5.41 Å². The zero-order valence-electron chi connectivity index (χ0n) is 31.9. The molecule has 0 saturated carbocycles. The lowest BCUT2D eigenvalue weighted by Crippen LogP contribution is -2.16. The molecule has 1 aliphatic carbocycles. The summed E-state index contributed by atoms with van der Waals surface area (Å²) < 4.78 is 0. The molecule has 2 heteroatoms. The van der Waals surface area contributed by atoms with Gasteiger partial charge < -0.3 is 0 Å². The molecule has 268 valence electrons. The minimum absolute atomic E-state index is 0.0981. The Hall–Kier alpha value is -7.16. The van der Waals surface area contributed by atoms with Crippen molar-refractivity contribution in [1.29, 1.82) is 0 Å². The smallest absolute Gasteiger partial charge is 0.160 e. The second-order valence-electron chi connectivity index (χ2n) is 15.7. The third kappa shape index (κ3) is 5.25. The fourth-order valence-electron chi connectivity index (χ4n) is 9.48. The van der Waals surface area contributed by atoms with Gasteiger partial charge in [0.2, 0.25) is 0 Å². The Balaban J connectivity index is 1.15. The number of fused-ring (bicyclic) bond motifs is 7. The van der Waals surface area contributed by atoms with Gasteiger partial charge in [0.1, 0.15) is 0 Å². The predicted octanol–water partition coefficient (Wildman–Crippen LogP) is 14.6. The summed E-state index contributed by atoms with van der Waals surface area (Å²) in [6, 6.07) is 70.1. The van der Waals surface area contributed by atoms with Gasteiger partial charge in [0, 0.05) is 27.5 Å². The van der Waals surface area contributed by atoms with Gasteiger partial charge in [0.05, 0.1) is 11.4 Å². The Morgan fingerprint density at radius 1 is 0.368 bits per heavy atom. The molecule has 9 aromatic carbocycles. The Kier molecular flexibility index (Phi) is 7.55. The van der Waals surface area contributed by atoms with E-state index in [9.17, 15) is 0 Å². The summed E-state index contributed by atoms with van der Waals surface area (Å²) in [5, 5.41) is 7.19. The average molecular weight is 727 g/mol. The molecule has 0 N–H and O–H groups in total. The van der Waals surface area contributed by atoms with Gasteiger partial charge in [-0.05, 0) is 77.5 Å². The van der Waals surface area contributed by atoms with Crippen molar-refractivity contribution in [2.45, 2.75) is 19.3 Å². The Morgan fingerprint density at radius 2 is 0.947 bits per heavy atom. The number of benzene rings is 9. The number of aromatic nitrogens is 2. The topological polar surface area (TPSA) is 25.8 Å². The molecule has 0 atom stereocenters. The molecule has 0 unspecified atom stereocenters. The van der Waals surface area contributed by atoms with Crippen LogP contribution in [0, 0.1) is 0 Å². The molecule has 1 aliphatic rings. The van der Waals surface area contributed by atoms with Crippen LogP contribution in [0.1, 0.15) is 25.0 Å². The van der Waals surface area contributed by atoms with E-state index in [0.29, 0.717) is 5.82 Å². The minimum atomic E-state index is -0.0981. The zero-order valence-corrected chi connectivity index (χ0v) is 31.9. The van der Waals surface area contributed by atoms with Crippen molar-refractivity contribution in [1.82, 2.24) is 9.97 Å². The van der Waals surface area contributed by atoms with E-state index in [2.05, 4.69) is 202 Å². The molecule has 10 aromatic rings. The predicted molar refractivity (Wildman–Crippen MR) is 239 cm³/mol. The molecule has 0 aliphatic heterocycles. The van der Waals surface area contributed by atoms with Crippen molar-refractivity contribution < 1.29 is 0 Å². The van der Waals surface area contributed by atoms with Gasteiger partial charge in [0.25, 0.3) is 0 Å². The van der Waals surface area contributed by atoms with Crippen molar-refractivity contribution in [3.8, 4) is 67.3 Å². The average Bonchev–Trinajstić information content (AvgIpc) is 3.52. The molecule has 0 spiro atoms. The van der Waals surface area contributed by atoms with Crippen molar-refractivity contribution in [2.75, 3.05) is 0 Å². The molecule has 0 bridgehead atoms. The van der Waals surface area contributed by atoms with Crippen molar-refractivity contribution in [2.24, 2.45) is 0 Å². The van der Waals surface area contributed by atoms with E-state index in [1.54, 1.807) is 0 Å². The fourth-order valence-corrected chi connectivity index (χ4v) is 9.48. The zero-order chi connectivity index (χ0) is 38.1. The molecular formula is C55H38N2. The molecule has 0 radical (unpaired) electrons. The second-order valence-corrected chi connectivity index (χ2v) is 15.7. The van der Waals surface area contributed by atoms with E-state index >= 15 is 0 Å². The summed E-state index contributed by atoms with van der Waals surface area (Å²) in [7, 11) is 0. The largest absolute Gasteiger partial charge is 0.228 e. The van der Waals surface area contributed by atoms with Crippen LogP contribution in [0.2, 0.25) is 0 Å². The van der Waals surface area contributed by atoms with Gasteiger partial charge in [-0.1, -0.05) is 202 Å². The maximum atomic E-state index is 5.44. The van der Waals surface area contributed by atoms with E-state index < -0.39 is 0 Å². The van der Waals surface area contributed by atoms with Crippen LogP contribution in [0.3, 0.4) is 0 Å². The number of nitrogens with zero attached hydrogens (tertiary/aromatic N) is 2. The molecule has 1 aromatic heterocycles. The maximum absolute atomic E-state index is 5.44. The first kappa shape index (κ1) is 33.2. The van der Waals surface area contributed by atoms with E-state index in [4.69, 9.17) is 9.97 Å². The first-order valence-electron chi connectivity index (χ1n) is 19.8. The van der Waals surface area contributed by atoms with Crippen LogP contribution in [0.5, 0.6) is 0 Å².